The van der Waals surface area contributed by atoms with Gasteiger partial charge in [-0.3, -0.25) is 4.79 Å². The van der Waals surface area contributed by atoms with Crippen molar-refractivity contribution < 1.29 is 18.7 Å². The molecule has 0 aliphatic carbocycles. The van der Waals surface area contributed by atoms with Crippen LogP contribution in [0.2, 0.25) is 0 Å². The molecule has 0 aliphatic rings. The zero-order chi connectivity index (χ0) is 15.2. The highest BCUT2D eigenvalue weighted by molar-refractivity contribution is 5.96. The van der Waals surface area contributed by atoms with Crippen LogP contribution in [0.3, 0.4) is 0 Å². The molecular formula is C17H17FO3. The maximum atomic E-state index is 13.5. The molecule has 110 valence electrons. The summed E-state index contributed by atoms with van der Waals surface area (Å²) < 4.78 is 24.5. The number of ketones is 1. The van der Waals surface area contributed by atoms with E-state index in [2.05, 4.69) is 0 Å². The fourth-order valence-electron chi connectivity index (χ4n) is 1.88. The molecule has 4 heteroatoms. The Kier molecular flexibility index (Phi) is 4.93. The molecule has 2 aromatic rings. The molecule has 0 spiro atoms. The highest BCUT2D eigenvalue weighted by Gasteiger charge is 2.12. The molecule has 2 rings (SSSR count). The second-order valence-corrected chi connectivity index (χ2v) is 4.66. The van der Waals surface area contributed by atoms with E-state index in [-0.39, 0.29) is 18.0 Å². The second-order valence-electron chi connectivity index (χ2n) is 4.66. The minimum absolute atomic E-state index is 0.229. The van der Waals surface area contributed by atoms with Gasteiger partial charge in [-0.1, -0.05) is 18.2 Å². The van der Waals surface area contributed by atoms with Gasteiger partial charge < -0.3 is 9.47 Å². The number of carbonyl (C=O) groups is 1. The summed E-state index contributed by atoms with van der Waals surface area (Å²) in [7, 11) is 0. The van der Waals surface area contributed by atoms with E-state index >= 15 is 0 Å². The first-order chi connectivity index (χ1) is 10.1. The molecule has 0 heterocycles. The van der Waals surface area contributed by atoms with E-state index in [1.807, 2.05) is 30.3 Å². The van der Waals surface area contributed by atoms with Gasteiger partial charge in [-0.2, -0.15) is 0 Å². The van der Waals surface area contributed by atoms with Crippen molar-refractivity contribution in [3.63, 3.8) is 0 Å². The van der Waals surface area contributed by atoms with Crippen molar-refractivity contribution in [2.75, 3.05) is 13.2 Å². The quantitative estimate of drug-likeness (QED) is 0.599. The predicted molar refractivity (Wildman–Crippen MR) is 78.6 cm³/mol. The van der Waals surface area contributed by atoms with Crippen molar-refractivity contribution in [3.05, 3.63) is 59.4 Å². The minimum atomic E-state index is -0.409. The summed E-state index contributed by atoms with van der Waals surface area (Å²) in [5.41, 5.74) is 0.691. The number of aryl methyl sites for hydroxylation is 1. The minimum Gasteiger partial charge on any atom is -0.490 e. The van der Waals surface area contributed by atoms with Crippen LogP contribution in [0.5, 0.6) is 11.5 Å². The van der Waals surface area contributed by atoms with Gasteiger partial charge >= 0.3 is 0 Å². The summed E-state index contributed by atoms with van der Waals surface area (Å²) in [6.07, 6.45) is 0. The highest BCUT2D eigenvalue weighted by Crippen LogP contribution is 2.23. The molecule has 2 aromatic carbocycles. The average molecular weight is 288 g/mol. The molecule has 21 heavy (non-hydrogen) atoms. The largest absolute Gasteiger partial charge is 0.490 e. The van der Waals surface area contributed by atoms with E-state index in [4.69, 9.17) is 9.47 Å². The first-order valence-electron chi connectivity index (χ1n) is 6.69. The molecule has 0 N–H and O–H groups in total. The SMILES string of the molecule is CC(=O)c1cc(F)c(C)cc1OCCOc1ccccc1. The number of Topliss-reactive ketones (excluding diaryl/α,β-unsaturated/α-hetero) is 1. The van der Waals surface area contributed by atoms with Gasteiger partial charge in [0.25, 0.3) is 0 Å². The van der Waals surface area contributed by atoms with Crippen molar-refractivity contribution in [2.24, 2.45) is 0 Å². The second kappa shape index (κ2) is 6.88. The van der Waals surface area contributed by atoms with Gasteiger partial charge in [0.15, 0.2) is 5.78 Å². The van der Waals surface area contributed by atoms with Gasteiger partial charge in [0.2, 0.25) is 0 Å². The summed E-state index contributed by atoms with van der Waals surface area (Å²) in [4.78, 5) is 11.5. The smallest absolute Gasteiger partial charge is 0.163 e. The van der Waals surface area contributed by atoms with Crippen molar-refractivity contribution >= 4 is 5.78 Å². The number of halogens is 1. The van der Waals surface area contributed by atoms with E-state index in [0.29, 0.717) is 17.9 Å². The first-order valence-corrected chi connectivity index (χ1v) is 6.69. The molecule has 0 radical (unpaired) electrons. The summed E-state index contributed by atoms with van der Waals surface area (Å²) >= 11 is 0. The van der Waals surface area contributed by atoms with Crippen molar-refractivity contribution in [1.29, 1.82) is 0 Å². The molecule has 0 atom stereocenters. The lowest BCUT2D eigenvalue weighted by Gasteiger charge is -2.12. The fraction of sp³-hybridized carbons (Fsp3) is 0.235. The van der Waals surface area contributed by atoms with Gasteiger partial charge in [-0.25, -0.2) is 4.39 Å². The van der Waals surface area contributed by atoms with Gasteiger partial charge in [0.05, 0.1) is 5.56 Å². The standard InChI is InChI=1S/C17H17FO3/c1-12-10-17(15(13(2)19)11-16(12)18)21-9-8-20-14-6-4-3-5-7-14/h3-7,10-11H,8-9H2,1-2H3. The van der Waals surface area contributed by atoms with Gasteiger partial charge in [0.1, 0.15) is 30.5 Å². The Labute approximate surface area is 123 Å². The van der Waals surface area contributed by atoms with Crippen molar-refractivity contribution in [2.45, 2.75) is 13.8 Å². The number of benzene rings is 2. The summed E-state index contributed by atoms with van der Waals surface area (Å²) in [6.45, 7) is 3.64. The Morgan fingerprint density at radius 2 is 1.76 bits per heavy atom. The number of hydrogen-bond acceptors (Lipinski definition) is 3. The van der Waals surface area contributed by atoms with E-state index < -0.39 is 5.82 Å². The molecule has 0 aliphatic heterocycles. The van der Waals surface area contributed by atoms with Crippen LogP contribution in [0.15, 0.2) is 42.5 Å². The zero-order valence-electron chi connectivity index (χ0n) is 12.1. The number of hydrogen-bond donors (Lipinski definition) is 0. The topological polar surface area (TPSA) is 35.5 Å². The van der Waals surface area contributed by atoms with E-state index in [1.165, 1.54) is 19.1 Å². The maximum absolute atomic E-state index is 13.5. The Morgan fingerprint density at radius 3 is 2.43 bits per heavy atom. The summed E-state index contributed by atoms with van der Waals surface area (Å²) in [6, 6.07) is 12.1. The van der Waals surface area contributed by atoms with Gasteiger partial charge in [-0.15, -0.1) is 0 Å². The zero-order valence-corrected chi connectivity index (χ0v) is 12.1. The van der Waals surface area contributed by atoms with Crippen LogP contribution in [0, 0.1) is 12.7 Å². The van der Waals surface area contributed by atoms with Crippen LogP contribution in [0.1, 0.15) is 22.8 Å². The molecule has 0 saturated carbocycles. The number of para-hydroxylation sites is 1. The fourth-order valence-corrected chi connectivity index (χ4v) is 1.88. The van der Waals surface area contributed by atoms with E-state index in [9.17, 15) is 9.18 Å². The van der Waals surface area contributed by atoms with Gasteiger partial charge in [0, 0.05) is 0 Å². The molecule has 0 amide bonds. The van der Waals surface area contributed by atoms with Gasteiger partial charge in [-0.05, 0) is 43.7 Å². The van der Waals surface area contributed by atoms with Crippen LogP contribution in [-0.4, -0.2) is 19.0 Å². The van der Waals surface area contributed by atoms with Crippen LogP contribution in [0.4, 0.5) is 4.39 Å². The Hall–Kier alpha value is -2.36. The molecule has 0 bridgehead atoms. The molecule has 0 unspecified atom stereocenters. The number of rotatable bonds is 6. The average Bonchev–Trinajstić information content (AvgIpc) is 2.47. The molecule has 3 nitrogen and oxygen atoms in total. The van der Waals surface area contributed by atoms with E-state index in [0.717, 1.165) is 5.75 Å². The molecular weight excluding hydrogens is 271 g/mol. The van der Waals surface area contributed by atoms with Crippen LogP contribution >= 0.6 is 0 Å². The van der Waals surface area contributed by atoms with Crippen molar-refractivity contribution in [1.82, 2.24) is 0 Å². The van der Waals surface area contributed by atoms with Crippen LogP contribution < -0.4 is 9.47 Å². The first kappa shape index (κ1) is 15.0. The predicted octanol–water partition coefficient (Wildman–Crippen LogP) is 3.79. The maximum Gasteiger partial charge on any atom is 0.163 e. The number of ether oxygens (including phenoxy) is 2. The lowest BCUT2D eigenvalue weighted by Crippen LogP contribution is -2.11. The molecule has 0 fully saturated rings. The normalized spacial score (nSPS) is 10.2. The van der Waals surface area contributed by atoms with Crippen LogP contribution in [-0.2, 0) is 0 Å². The Morgan fingerprint density at radius 1 is 1.10 bits per heavy atom. The van der Waals surface area contributed by atoms with E-state index in [1.54, 1.807) is 6.92 Å². The number of carbonyl (C=O) groups excluding carboxylic acids is 1. The summed E-state index contributed by atoms with van der Waals surface area (Å²) in [5.74, 6) is 0.502. The lowest BCUT2D eigenvalue weighted by molar-refractivity contribution is 0.101. The molecule has 0 saturated heterocycles. The lowest BCUT2D eigenvalue weighted by atomic mass is 10.1. The highest BCUT2D eigenvalue weighted by atomic mass is 19.1. The monoisotopic (exact) mass is 288 g/mol. The summed E-state index contributed by atoms with van der Waals surface area (Å²) in [5, 5.41) is 0. The van der Waals surface area contributed by atoms with Crippen molar-refractivity contribution in [3.8, 4) is 11.5 Å². The van der Waals surface area contributed by atoms with Crippen LogP contribution in [0.25, 0.3) is 0 Å². The Bertz CT molecular complexity index is 623. The Balaban J connectivity index is 1.96. The third-order valence-electron chi connectivity index (χ3n) is 2.99. The molecule has 0 aromatic heterocycles. The third-order valence-corrected chi connectivity index (χ3v) is 2.99. The third kappa shape index (κ3) is 4.05.